The summed E-state index contributed by atoms with van der Waals surface area (Å²) in [7, 11) is -2.97. The Morgan fingerprint density at radius 2 is 1.44 bits per heavy atom. The van der Waals surface area contributed by atoms with E-state index >= 15 is 0 Å². The quantitative estimate of drug-likeness (QED) is 0.249. The van der Waals surface area contributed by atoms with Gasteiger partial charge in [0.05, 0.1) is 23.1 Å². The first-order valence-corrected chi connectivity index (χ1v) is 13.3. The Balaban J connectivity index is 1.64. The Morgan fingerprint density at radius 1 is 0.821 bits per heavy atom. The number of methoxy groups -OCH3 is 1. The molecule has 9 heteroatoms. The number of aromatic nitrogens is 1. The molecule has 5 rings (SSSR count). The molecule has 0 fully saturated rings. The van der Waals surface area contributed by atoms with E-state index in [1.165, 1.54) is 49.6 Å². The molecule has 0 aliphatic heterocycles. The number of carboxylic acids is 1. The Morgan fingerprint density at radius 3 is 2.05 bits per heavy atom. The van der Waals surface area contributed by atoms with Crippen LogP contribution >= 0.6 is 0 Å². The number of benzene rings is 4. The van der Waals surface area contributed by atoms with Crippen LogP contribution in [-0.2, 0) is 16.6 Å². The molecule has 1 aromatic heterocycles. The Hall–Kier alpha value is -4.89. The van der Waals surface area contributed by atoms with Crippen molar-refractivity contribution in [3.8, 4) is 11.5 Å². The number of nitrogens with zero attached hydrogens (tertiary/aromatic N) is 1. The van der Waals surface area contributed by atoms with E-state index < -0.39 is 33.0 Å². The average molecular weight is 542 g/mol. The minimum Gasteiger partial charge on any atom is -0.497 e. The van der Waals surface area contributed by atoms with E-state index in [9.17, 15) is 23.1 Å². The molecule has 1 N–H and O–H groups in total. The summed E-state index contributed by atoms with van der Waals surface area (Å²) in [5.74, 6) is -1.40. The van der Waals surface area contributed by atoms with Gasteiger partial charge in [0.25, 0.3) is 10.0 Å². The van der Waals surface area contributed by atoms with Crippen LogP contribution in [0, 0.1) is 0 Å². The first-order chi connectivity index (χ1) is 18.8. The van der Waals surface area contributed by atoms with Crippen LogP contribution in [0.2, 0.25) is 0 Å². The Kier molecular flexibility index (Phi) is 6.91. The molecule has 0 amide bonds. The molecule has 1 heterocycles. The van der Waals surface area contributed by atoms with Crippen molar-refractivity contribution in [2.75, 3.05) is 7.11 Å². The standard InChI is InChI=1S/C30H23NO7S/c1-37-23-16-17-25-26(18-23)31(39(35,36)24-10-6-3-7-11-24)28(27(25)30(33)34)29(32)21-12-14-22(15-13-21)38-19-20-8-4-2-5-9-20/h2-18H,19H2,1H3,(H,33,34). The lowest BCUT2D eigenvalue weighted by molar-refractivity contribution is 0.0694. The molecular formula is C30H23NO7S. The summed E-state index contributed by atoms with van der Waals surface area (Å²) in [5, 5.41) is 10.2. The monoisotopic (exact) mass is 541 g/mol. The van der Waals surface area contributed by atoms with Gasteiger partial charge < -0.3 is 14.6 Å². The third-order valence-electron chi connectivity index (χ3n) is 6.21. The molecule has 0 saturated carbocycles. The zero-order chi connectivity index (χ0) is 27.6. The number of hydrogen-bond donors (Lipinski definition) is 1. The van der Waals surface area contributed by atoms with Crippen LogP contribution in [0.4, 0.5) is 0 Å². The van der Waals surface area contributed by atoms with Crippen LogP contribution in [0.3, 0.4) is 0 Å². The summed E-state index contributed by atoms with van der Waals surface area (Å²) < 4.78 is 39.6. The van der Waals surface area contributed by atoms with E-state index in [0.717, 1.165) is 9.54 Å². The zero-order valence-electron chi connectivity index (χ0n) is 20.8. The molecule has 196 valence electrons. The molecule has 0 aliphatic rings. The van der Waals surface area contributed by atoms with Crippen LogP contribution in [0.1, 0.15) is 32.0 Å². The van der Waals surface area contributed by atoms with E-state index in [0.29, 0.717) is 18.1 Å². The predicted molar refractivity (Wildman–Crippen MR) is 145 cm³/mol. The highest BCUT2D eigenvalue weighted by molar-refractivity contribution is 7.90. The van der Waals surface area contributed by atoms with Crippen molar-refractivity contribution in [3.05, 3.63) is 126 Å². The second kappa shape index (κ2) is 10.5. The van der Waals surface area contributed by atoms with Crippen molar-refractivity contribution in [3.63, 3.8) is 0 Å². The fourth-order valence-electron chi connectivity index (χ4n) is 4.32. The number of carboxylic acid groups (broad SMARTS) is 1. The van der Waals surface area contributed by atoms with Gasteiger partial charge in [0, 0.05) is 17.0 Å². The van der Waals surface area contributed by atoms with Gasteiger partial charge in [-0.1, -0.05) is 48.5 Å². The van der Waals surface area contributed by atoms with E-state index in [1.807, 2.05) is 30.3 Å². The van der Waals surface area contributed by atoms with Crippen LogP contribution < -0.4 is 9.47 Å². The van der Waals surface area contributed by atoms with Crippen molar-refractivity contribution < 1.29 is 32.6 Å². The number of rotatable bonds is 9. The van der Waals surface area contributed by atoms with Crippen molar-refractivity contribution >= 4 is 32.7 Å². The number of ether oxygens (including phenoxy) is 2. The van der Waals surface area contributed by atoms with Crippen molar-refractivity contribution in [2.24, 2.45) is 0 Å². The van der Waals surface area contributed by atoms with Gasteiger partial charge in [0.2, 0.25) is 5.78 Å². The smallest absolute Gasteiger partial charge is 0.338 e. The lowest BCUT2D eigenvalue weighted by atomic mass is 10.0. The normalized spacial score (nSPS) is 11.3. The topological polar surface area (TPSA) is 112 Å². The maximum atomic E-state index is 13.9. The number of aromatic carboxylic acids is 1. The average Bonchev–Trinajstić information content (AvgIpc) is 3.32. The third kappa shape index (κ3) is 4.87. The highest BCUT2D eigenvalue weighted by atomic mass is 32.2. The first kappa shape index (κ1) is 25.7. The summed E-state index contributed by atoms with van der Waals surface area (Å²) in [5.41, 5.74) is 0.189. The van der Waals surface area contributed by atoms with Crippen LogP contribution in [0.25, 0.3) is 10.9 Å². The Bertz CT molecular complexity index is 1780. The van der Waals surface area contributed by atoms with Gasteiger partial charge in [-0.25, -0.2) is 17.2 Å². The predicted octanol–water partition coefficient (Wildman–Crippen LogP) is 5.40. The van der Waals surface area contributed by atoms with Gasteiger partial charge in [-0.2, -0.15) is 0 Å². The van der Waals surface area contributed by atoms with E-state index in [2.05, 4.69) is 0 Å². The van der Waals surface area contributed by atoms with E-state index in [-0.39, 0.29) is 21.4 Å². The minimum absolute atomic E-state index is 0.0155. The second-order valence-corrected chi connectivity index (χ2v) is 10.4. The summed E-state index contributed by atoms with van der Waals surface area (Å²) >= 11 is 0. The van der Waals surface area contributed by atoms with Gasteiger partial charge in [0.1, 0.15) is 23.8 Å². The largest absolute Gasteiger partial charge is 0.497 e. The molecule has 0 bridgehead atoms. The second-order valence-electron chi connectivity index (χ2n) is 8.62. The molecule has 8 nitrogen and oxygen atoms in total. The minimum atomic E-state index is -4.38. The zero-order valence-corrected chi connectivity index (χ0v) is 21.6. The number of carbonyl (C=O) groups excluding carboxylic acids is 1. The van der Waals surface area contributed by atoms with Gasteiger partial charge in [-0.15, -0.1) is 0 Å². The molecule has 0 aliphatic carbocycles. The third-order valence-corrected chi connectivity index (χ3v) is 7.94. The fraction of sp³-hybridized carbons (Fsp3) is 0.0667. The number of ketones is 1. The van der Waals surface area contributed by atoms with Crippen LogP contribution in [0.5, 0.6) is 11.5 Å². The van der Waals surface area contributed by atoms with Gasteiger partial charge in [0.15, 0.2) is 0 Å². The van der Waals surface area contributed by atoms with Gasteiger partial charge >= 0.3 is 5.97 Å². The molecule has 39 heavy (non-hydrogen) atoms. The molecule has 0 atom stereocenters. The van der Waals surface area contributed by atoms with E-state index in [4.69, 9.17) is 9.47 Å². The molecule has 0 saturated heterocycles. The summed E-state index contributed by atoms with van der Waals surface area (Å²) in [6.07, 6.45) is 0. The number of hydrogen-bond acceptors (Lipinski definition) is 6. The highest BCUT2D eigenvalue weighted by Gasteiger charge is 2.34. The van der Waals surface area contributed by atoms with Crippen molar-refractivity contribution in [2.45, 2.75) is 11.5 Å². The van der Waals surface area contributed by atoms with Crippen molar-refractivity contribution in [1.82, 2.24) is 3.97 Å². The summed E-state index contributed by atoms with van der Waals surface area (Å²) in [4.78, 5) is 26.2. The van der Waals surface area contributed by atoms with Crippen molar-refractivity contribution in [1.29, 1.82) is 0 Å². The molecule has 0 spiro atoms. The lowest BCUT2D eigenvalue weighted by Gasteiger charge is -2.13. The van der Waals surface area contributed by atoms with Gasteiger partial charge in [-0.05, 0) is 54.1 Å². The molecule has 4 aromatic carbocycles. The number of carbonyl (C=O) groups is 2. The molecule has 0 radical (unpaired) electrons. The molecule has 0 unspecified atom stereocenters. The van der Waals surface area contributed by atoms with Crippen LogP contribution in [0.15, 0.2) is 108 Å². The molecular weight excluding hydrogens is 518 g/mol. The van der Waals surface area contributed by atoms with Crippen LogP contribution in [-0.4, -0.2) is 36.4 Å². The lowest BCUT2D eigenvalue weighted by Crippen LogP contribution is -2.21. The SMILES string of the molecule is COc1ccc2c(C(=O)O)c(C(=O)c3ccc(OCc4ccccc4)cc3)n(S(=O)(=O)c3ccccc3)c2c1. The molecule has 5 aromatic rings. The number of fused-ring (bicyclic) bond motifs is 1. The summed E-state index contributed by atoms with van der Waals surface area (Å²) in [6, 6.07) is 27.6. The first-order valence-electron chi connectivity index (χ1n) is 11.9. The summed E-state index contributed by atoms with van der Waals surface area (Å²) in [6.45, 7) is 0.322. The maximum absolute atomic E-state index is 13.9. The Labute approximate surface area is 224 Å². The van der Waals surface area contributed by atoms with E-state index in [1.54, 1.807) is 30.3 Å². The highest BCUT2D eigenvalue weighted by Crippen LogP contribution is 2.34. The fourth-order valence-corrected chi connectivity index (χ4v) is 5.85. The van der Waals surface area contributed by atoms with Gasteiger partial charge in [-0.3, -0.25) is 4.79 Å². The maximum Gasteiger partial charge on any atom is 0.338 e.